The number of nitrogens with zero attached hydrogens (tertiary/aromatic N) is 2. The molecule has 0 radical (unpaired) electrons. The Hall–Kier alpha value is -1.71. The zero-order chi connectivity index (χ0) is 8.39. The molecule has 0 spiro atoms. The van der Waals surface area contributed by atoms with E-state index in [-0.39, 0.29) is 5.91 Å². The van der Waals surface area contributed by atoms with Gasteiger partial charge in [-0.2, -0.15) is 0 Å². The molecule has 4 heteroatoms. The predicted molar refractivity (Wildman–Crippen MR) is 44.3 cm³/mol. The van der Waals surface area contributed by atoms with Crippen molar-refractivity contribution in [3.8, 4) is 0 Å². The molecule has 2 heterocycles. The highest BCUT2D eigenvalue weighted by Crippen LogP contribution is 2.13. The van der Waals surface area contributed by atoms with Gasteiger partial charge in [-0.15, -0.1) is 0 Å². The Kier molecular flexibility index (Phi) is 1.59. The first-order valence-electron chi connectivity index (χ1n) is 3.63. The van der Waals surface area contributed by atoms with Crippen LogP contribution in [-0.2, 0) is 4.79 Å². The van der Waals surface area contributed by atoms with Crippen LogP contribution in [-0.4, -0.2) is 15.9 Å². The molecule has 0 saturated carbocycles. The molecule has 1 aliphatic heterocycles. The molecule has 2 rings (SSSR count). The summed E-state index contributed by atoms with van der Waals surface area (Å²) >= 11 is 0. The first kappa shape index (κ1) is 6.97. The maximum absolute atomic E-state index is 11.0. The molecule has 0 fully saturated rings. The van der Waals surface area contributed by atoms with Gasteiger partial charge in [-0.05, 0) is 6.08 Å². The van der Waals surface area contributed by atoms with E-state index >= 15 is 0 Å². The van der Waals surface area contributed by atoms with E-state index in [0.29, 0.717) is 17.9 Å². The molecular formula is C8H7N3O. The van der Waals surface area contributed by atoms with Gasteiger partial charge in [0.05, 0.1) is 0 Å². The number of aromatic nitrogens is 2. The van der Waals surface area contributed by atoms with Gasteiger partial charge < -0.3 is 5.32 Å². The summed E-state index contributed by atoms with van der Waals surface area (Å²) < 4.78 is 0. The van der Waals surface area contributed by atoms with Crippen molar-refractivity contribution >= 4 is 17.8 Å². The Balaban J connectivity index is 2.48. The van der Waals surface area contributed by atoms with Gasteiger partial charge in [-0.1, -0.05) is 6.08 Å². The Labute approximate surface area is 69.3 Å². The summed E-state index contributed by atoms with van der Waals surface area (Å²) in [6.07, 6.45) is 7.10. The summed E-state index contributed by atoms with van der Waals surface area (Å²) in [6.45, 7) is 0. The van der Waals surface area contributed by atoms with Crippen LogP contribution < -0.4 is 5.32 Å². The molecule has 0 bridgehead atoms. The highest BCUT2D eigenvalue weighted by Gasteiger charge is 2.08. The zero-order valence-electron chi connectivity index (χ0n) is 6.32. The molecule has 60 valence electrons. The van der Waals surface area contributed by atoms with Crippen molar-refractivity contribution in [2.24, 2.45) is 0 Å². The minimum Gasteiger partial charge on any atom is -0.309 e. The van der Waals surface area contributed by atoms with Gasteiger partial charge in [0, 0.05) is 18.8 Å². The Morgan fingerprint density at radius 3 is 3.08 bits per heavy atom. The smallest absolute Gasteiger partial charge is 0.229 e. The fourth-order valence-electron chi connectivity index (χ4n) is 1.03. The van der Waals surface area contributed by atoms with Crippen LogP contribution in [0.3, 0.4) is 0 Å². The fourth-order valence-corrected chi connectivity index (χ4v) is 1.03. The van der Waals surface area contributed by atoms with Crippen molar-refractivity contribution in [1.29, 1.82) is 0 Å². The molecule has 1 aromatic heterocycles. The lowest BCUT2D eigenvalue weighted by Gasteiger charge is -2.00. The molecule has 0 unspecified atom stereocenters. The number of hydrogen-bond donors (Lipinski definition) is 1. The fraction of sp³-hybridized carbons (Fsp3) is 0.125. The molecule has 0 aromatic carbocycles. The average Bonchev–Trinajstić information content (AvgIpc) is 2.25. The lowest BCUT2D eigenvalue weighted by molar-refractivity contribution is -0.115. The third kappa shape index (κ3) is 1.18. The van der Waals surface area contributed by atoms with Crippen LogP contribution >= 0.6 is 0 Å². The average molecular weight is 161 g/mol. The lowest BCUT2D eigenvalue weighted by Crippen LogP contribution is -2.10. The number of fused-ring (bicyclic) bond motifs is 1. The van der Waals surface area contributed by atoms with Crippen LogP contribution in [0.25, 0.3) is 6.08 Å². The molecule has 4 nitrogen and oxygen atoms in total. The minimum absolute atomic E-state index is 0.0505. The lowest BCUT2D eigenvalue weighted by atomic mass is 10.3. The summed E-state index contributed by atoms with van der Waals surface area (Å²) in [5, 5.41) is 2.65. The van der Waals surface area contributed by atoms with E-state index in [0.717, 1.165) is 0 Å². The quantitative estimate of drug-likeness (QED) is 0.613. The molecular weight excluding hydrogens is 154 g/mol. The number of carbonyl (C=O) groups excluding carboxylic acids is 1. The molecule has 1 aromatic rings. The summed E-state index contributed by atoms with van der Waals surface area (Å²) in [5.41, 5.74) is 0.711. The van der Waals surface area contributed by atoms with Crippen molar-refractivity contribution in [2.75, 3.05) is 5.32 Å². The summed E-state index contributed by atoms with van der Waals surface area (Å²) in [7, 11) is 0. The largest absolute Gasteiger partial charge is 0.309 e. The van der Waals surface area contributed by atoms with E-state index in [1.54, 1.807) is 24.5 Å². The van der Waals surface area contributed by atoms with E-state index in [4.69, 9.17) is 0 Å². The standard InChI is InChI=1S/C8H7N3O/c12-7-3-1-2-6-8(11-7)10-5-4-9-6/h1-2,4-5H,3H2,(H,10,11,12). The maximum Gasteiger partial charge on any atom is 0.229 e. The van der Waals surface area contributed by atoms with Crippen LogP contribution in [0.4, 0.5) is 5.82 Å². The van der Waals surface area contributed by atoms with E-state index in [1.165, 1.54) is 0 Å². The van der Waals surface area contributed by atoms with Gasteiger partial charge in [-0.3, -0.25) is 9.78 Å². The van der Waals surface area contributed by atoms with Crippen molar-refractivity contribution in [3.63, 3.8) is 0 Å². The van der Waals surface area contributed by atoms with Gasteiger partial charge in [0.2, 0.25) is 5.91 Å². The first-order chi connectivity index (χ1) is 5.86. The number of anilines is 1. The van der Waals surface area contributed by atoms with Gasteiger partial charge in [0.15, 0.2) is 5.82 Å². The van der Waals surface area contributed by atoms with Crippen LogP contribution in [0.2, 0.25) is 0 Å². The molecule has 1 aliphatic rings. The number of carbonyl (C=O) groups is 1. The third-order valence-electron chi connectivity index (χ3n) is 1.56. The third-order valence-corrected chi connectivity index (χ3v) is 1.56. The van der Waals surface area contributed by atoms with Crippen LogP contribution in [0.1, 0.15) is 12.1 Å². The van der Waals surface area contributed by atoms with Gasteiger partial charge in [0.25, 0.3) is 0 Å². The van der Waals surface area contributed by atoms with Crippen molar-refractivity contribution in [3.05, 3.63) is 24.2 Å². The van der Waals surface area contributed by atoms with Crippen LogP contribution in [0.5, 0.6) is 0 Å². The van der Waals surface area contributed by atoms with Crippen molar-refractivity contribution < 1.29 is 4.79 Å². The molecule has 0 saturated heterocycles. The molecule has 0 aliphatic carbocycles. The normalized spacial score (nSPS) is 14.8. The number of rotatable bonds is 0. The van der Waals surface area contributed by atoms with Gasteiger partial charge in [-0.25, -0.2) is 4.98 Å². The number of nitrogens with one attached hydrogen (secondary N) is 1. The zero-order valence-corrected chi connectivity index (χ0v) is 6.32. The Morgan fingerprint density at radius 1 is 1.33 bits per heavy atom. The maximum atomic E-state index is 11.0. The second-order valence-electron chi connectivity index (χ2n) is 2.44. The highest BCUT2D eigenvalue weighted by atomic mass is 16.1. The van der Waals surface area contributed by atoms with E-state index in [2.05, 4.69) is 15.3 Å². The van der Waals surface area contributed by atoms with Gasteiger partial charge in [0.1, 0.15) is 5.69 Å². The molecule has 1 amide bonds. The van der Waals surface area contributed by atoms with Gasteiger partial charge >= 0.3 is 0 Å². The van der Waals surface area contributed by atoms with Crippen LogP contribution in [0, 0.1) is 0 Å². The van der Waals surface area contributed by atoms with E-state index < -0.39 is 0 Å². The number of hydrogen-bond acceptors (Lipinski definition) is 3. The summed E-state index contributed by atoms with van der Waals surface area (Å²) in [6, 6.07) is 0. The predicted octanol–water partition coefficient (Wildman–Crippen LogP) is 0.832. The number of amides is 1. The van der Waals surface area contributed by atoms with Crippen LogP contribution in [0.15, 0.2) is 18.5 Å². The topological polar surface area (TPSA) is 54.9 Å². The van der Waals surface area contributed by atoms with E-state index in [9.17, 15) is 4.79 Å². The Bertz CT molecular complexity index is 346. The summed E-state index contributed by atoms with van der Waals surface area (Å²) in [4.78, 5) is 19.0. The monoisotopic (exact) mass is 161 g/mol. The molecule has 0 atom stereocenters. The first-order valence-corrected chi connectivity index (χ1v) is 3.63. The summed E-state index contributed by atoms with van der Waals surface area (Å²) in [5.74, 6) is 0.488. The second-order valence-corrected chi connectivity index (χ2v) is 2.44. The molecule has 12 heavy (non-hydrogen) atoms. The highest BCUT2D eigenvalue weighted by molar-refractivity contribution is 5.94. The second kappa shape index (κ2) is 2.73. The Morgan fingerprint density at radius 2 is 2.17 bits per heavy atom. The molecule has 1 N–H and O–H groups in total. The van der Waals surface area contributed by atoms with E-state index in [1.807, 2.05) is 0 Å². The SMILES string of the molecule is O=C1CC=Cc2nccnc2N1. The van der Waals surface area contributed by atoms with Crippen molar-refractivity contribution in [1.82, 2.24) is 9.97 Å². The van der Waals surface area contributed by atoms with Crippen molar-refractivity contribution in [2.45, 2.75) is 6.42 Å². The minimum atomic E-state index is -0.0505.